The SMILES string of the molecule is COc1cccc(C(=O)NCc2ccc3c(c2)OCO3)c1O. The third-order valence-corrected chi connectivity index (χ3v) is 3.35. The molecule has 0 atom stereocenters. The van der Waals surface area contributed by atoms with Crippen LogP contribution in [0.5, 0.6) is 23.0 Å². The first kappa shape index (κ1) is 14.1. The second-order valence-corrected chi connectivity index (χ2v) is 4.73. The van der Waals surface area contributed by atoms with Gasteiger partial charge in [-0.2, -0.15) is 0 Å². The van der Waals surface area contributed by atoms with Crippen molar-refractivity contribution in [3.05, 3.63) is 47.5 Å². The van der Waals surface area contributed by atoms with Gasteiger partial charge in [0.2, 0.25) is 6.79 Å². The maximum absolute atomic E-state index is 12.2. The minimum Gasteiger partial charge on any atom is -0.504 e. The maximum Gasteiger partial charge on any atom is 0.255 e. The lowest BCUT2D eigenvalue weighted by molar-refractivity contribution is 0.0947. The van der Waals surface area contributed by atoms with Gasteiger partial charge in [-0.25, -0.2) is 0 Å². The number of hydrogen-bond acceptors (Lipinski definition) is 5. The van der Waals surface area contributed by atoms with Crippen LogP contribution in [0.3, 0.4) is 0 Å². The summed E-state index contributed by atoms with van der Waals surface area (Å²) in [7, 11) is 1.43. The average molecular weight is 301 g/mol. The number of benzene rings is 2. The first-order valence-corrected chi connectivity index (χ1v) is 6.71. The number of phenolic OH excluding ortho intramolecular Hbond substituents is 1. The zero-order valence-corrected chi connectivity index (χ0v) is 12.0. The number of methoxy groups -OCH3 is 1. The molecule has 0 bridgehead atoms. The molecule has 0 saturated heterocycles. The van der Waals surface area contributed by atoms with Gasteiger partial charge in [-0.15, -0.1) is 0 Å². The number of rotatable bonds is 4. The van der Waals surface area contributed by atoms with Crippen molar-refractivity contribution in [2.24, 2.45) is 0 Å². The second-order valence-electron chi connectivity index (χ2n) is 4.73. The average Bonchev–Trinajstić information content (AvgIpc) is 3.00. The molecule has 3 rings (SSSR count). The van der Waals surface area contributed by atoms with Crippen LogP contribution in [0.1, 0.15) is 15.9 Å². The Bertz CT molecular complexity index is 714. The van der Waals surface area contributed by atoms with E-state index in [4.69, 9.17) is 14.2 Å². The molecule has 0 spiro atoms. The molecule has 2 aromatic rings. The molecule has 0 radical (unpaired) electrons. The maximum atomic E-state index is 12.2. The van der Waals surface area contributed by atoms with Gasteiger partial charge in [0.05, 0.1) is 12.7 Å². The number of nitrogens with one attached hydrogen (secondary N) is 1. The molecule has 0 aliphatic carbocycles. The summed E-state index contributed by atoms with van der Waals surface area (Å²) < 4.78 is 15.5. The quantitative estimate of drug-likeness (QED) is 0.904. The highest BCUT2D eigenvalue weighted by molar-refractivity contribution is 5.97. The van der Waals surface area contributed by atoms with Crippen LogP contribution in [0, 0.1) is 0 Å². The van der Waals surface area contributed by atoms with Crippen LogP contribution in [0.25, 0.3) is 0 Å². The molecule has 1 amide bonds. The van der Waals surface area contributed by atoms with Gasteiger partial charge in [0.1, 0.15) is 0 Å². The van der Waals surface area contributed by atoms with Crippen LogP contribution >= 0.6 is 0 Å². The summed E-state index contributed by atoms with van der Waals surface area (Å²) in [6, 6.07) is 10.2. The summed E-state index contributed by atoms with van der Waals surface area (Å²) in [5, 5.41) is 12.7. The number of aromatic hydroxyl groups is 1. The normalized spacial score (nSPS) is 12.0. The van der Waals surface area contributed by atoms with E-state index in [2.05, 4.69) is 5.32 Å². The van der Waals surface area contributed by atoms with Gasteiger partial charge in [0.25, 0.3) is 5.91 Å². The van der Waals surface area contributed by atoms with E-state index < -0.39 is 0 Å². The predicted molar refractivity (Wildman–Crippen MR) is 78.4 cm³/mol. The van der Waals surface area contributed by atoms with Crippen molar-refractivity contribution in [1.82, 2.24) is 5.32 Å². The predicted octanol–water partition coefficient (Wildman–Crippen LogP) is 2.06. The monoisotopic (exact) mass is 301 g/mol. The molecule has 0 aromatic heterocycles. The molecule has 6 heteroatoms. The van der Waals surface area contributed by atoms with Crippen molar-refractivity contribution in [3.8, 4) is 23.0 Å². The molecular formula is C16H15NO5. The molecule has 2 aromatic carbocycles. The second kappa shape index (κ2) is 5.85. The number of para-hydroxylation sites is 1. The van der Waals surface area contributed by atoms with Gasteiger partial charge in [0, 0.05) is 6.54 Å². The molecule has 2 N–H and O–H groups in total. The fraction of sp³-hybridized carbons (Fsp3) is 0.188. The summed E-state index contributed by atoms with van der Waals surface area (Å²) >= 11 is 0. The molecular weight excluding hydrogens is 286 g/mol. The summed E-state index contributed by atoms with van der Waals surface area (Å²) in [6.45, 7) is 0.523. The smallest absolute Gasteiger partial charge is 0.255 e. The van der Waals surface area contributed by atoms with Crippen molar-refractivity contribution in [2.45, 2.75) is 6.54 Å². The van der Waals surface area contributed by atoms with Crippen LogP contribution in [-0.4, -0.2) is 24.9 Å². The molecule has 114 valence electrons. The number of carbonyl (C=O) groups is 1. The van der Waals surface area contributed by atoms with E-state index in [9.17, 15) is 9.90 Å². The molecule has 0 unspecified atom stereocenters. The van der Waals surface area contributed by atoms with Crippen LogP contribution in [0.4, 0.5) is 0 Å². The summed E-state index contributed by atoms with van der Waals surface area (Å²) in [5.74, 6) is 1.06. The van der Waals surface area contributed by atoms with Gasteiger partial charge in [-0.1, -0.05) is 12.1 Å². The Labute approximate surface area is 127 Å². The fourth-order valence-corrected chi connectivity index (χ4v) is 2.20. The third-order valence-electron chi connectivity index (χ3n) is 3.35. The van der Waals surface area contributed by atoms with Crippen molar-refractivity contribution in [2.75, 3.05) is 13.9 Å². The van der Waals surface area contributed by atoms with Gasteiger partial charge in [-0.3, -0.25) is 4.79 Å². The minimum atomic E-state index is -0.380. The number of hydrogen-bond donors (Lipinski definition) is 2. The van der Waals surface area contributed by atoms with E-state index in [1.165, 1.54) is 13.2 Å². The fourth-order valence-electron chi connectivity index (χ4n) is 2.20. The van der Waals surface area contributed by atoms with Crippen molar-refractivity contribution < 1.29 is 24.1 Å². The van der Waals surface area contributed by atoms with Gasteiger partial charge in [-0.05, 0) is 29.8 Å². The Morgan fingerprint density at radius 2 is 2.09 bits per heavy atom. The van der Waals surface area contributed by atoms with Crippen molar-refractivity contribution in [1.29, 1.82) is 0 Å². The van der Waals surface area contributed by atoms with E-state index >= 15 is 0 Å². The molecule has 0 saturated carbocycles. The lowest BCUT2D eigenvalue weighted by atomic mass is 10.1. The third kappa shape index (κ3) is 2.63. The van der Waals surface area contributed by atoms with Gasteiger partial charge in [0.15, 0.2) is 23.0 Å². The lowest BCUT2D eigenvalue weighted by Gasteiger charge is -2.09. The number of ether oxygens (including phenoxy) is 3. The molecule has 1 aliphatic heterocycles. The Morgan fingerprint density at radius 1 is 1.27 bits per heavy atom. The lowest BCUT2D eigenvalue weighted by Crippen LogP contribution is -2.22. The first-order chi connectivity index (χ1) is 10.7. The molecule has 0 fully saturated rings. The summed E-state index contributed by atoms with van der Waals surface area (Å²) in [4.78, 5) is 12.2. The topological polar surface area (TPSA) is 77.0 Å². The summed E-state index contributed by atoms with van der Waals surface area (Å²) in [6.07, 6.45) is 0. The van der Waals surface area contributed by atoms with E-state index in [-0.39, 0.29) is 29.8 Å². The van der Waals surface area contributed by atoms with Crippen LogP contribution in [0.15, 0.2) is 36.4 Å². The Hall–Kier alpha value is -2.89. The van der Waals surface area contributed by atoms with E-state index in [1.807, 2.05) is 12.1 Å². The molecule has 1 aliphatic rings. The Balaban J connectivity index is 1.70. The van der Waals surface area contributed by atoms with Crippen molar-refractivity contribution >= 4 is 5.91 Å². The standard InChI is InChI=1S/C16H15NO5/c1-20-13-4-2-3-11(15(13)18)16(19)17-8-10-5-6-12-14(7-10)22-9-21-12/h2-7,18H,8-9H2,1H3,(H,17,19). The highest BCUT2D eigenvalue weighted by atomic mass is 16.7. The van der Waals surface area contributed by atoms with Crippen LogP contribution < -0.4 is 19.5 Å². The highest BCUT2D eigenvalue weighted by Gasteiger charge is 2.16. The van der Waals surface area contributed by atoms with Gasteiger partial charge < -0.3 is 24.6 Å². The largest absolute Gasteiger partial charge is 0.504 e. The van der Waals surface area contributed by atoms with Crippen LogP contribution in [-0.2, 0) is 6.54 Å². The van der Waals surface area contributed by atoms with Crippen molar-refractivity contribution in [3.63, 3.8) is 0 Å². The van der Waals surface area contributed by atoms with E-state index in [0.29, 0.717) is 18.0 Å². The molecule has 6 nitrogen and oxygen atoms in total. The Morgan fingerprint density at radius 3 is 2.91 bits per heavy atom. The zero-order chi connectivity index (χ0) is 15.5. The van der Waals surface area contributed by atoms with E-state index in [0.717, 1.165) is 5.56 Å². The summed E-state index contributed by atoms with van der Waals surface area (Å²) in [5.41, 5.74) is 1.04. The number of amides is 1. The number of phenols is 1. The van der Waals surface area contributed by atoms with Crippen LogP contribution in [0.2, 0.25) is 0 Å². The zero-order valence-electron chi connectivity index (χ0n) is 12.0. The van der Waals surface area contributed by atoms with Gasteiger partial charge >= 0.3 is 0 Å². The first-order valence-electron chi connectivity index (χ1n) is 6.71. The number of fused-ring (bicyclic) bond motifs is 1. The molecule has 1 heterocycles. The molecule has 22 heavy (non-hydrogen) atoms. The number of carbonyl (C=O) groups excluding carboxylic acids is 1. The Kier molecular flexibility index (Phi) is 3.74. The van der Waals surface area contributed by atoms with E-state index in [1.54, 1.807) is 18.2 Å². The minimum absolute atomic E-state index is 0.167. The highest BCUT2D eigenvalue weighted by Crippen LogP contribution is 2.32.